The van der Waals surface area contributed by atoms with Crippen LogP contribution in [0, 0.1) is 5.82 Å². The average Bonchev–Trinajstić information content (AvgIpc) is 2.34. The second kappa shape index (κ2) is 6.80. The number of methoxy groups -OCH3 is 1. The van der Waals surface area contributed by atoms with E-state index in [2.05, 4.69) is 5.32 Å². The fourth-order valence-electron chi connectivity index (χ4n) is 1.30. The number of rotatable bonds is 6. The van der Waals surface area contributed by atoms with Crippen LogP contribution in [0.25, 0.3) is 0 Å². The molecule has 1 amide bonds. The van der Waals surface area contributed by atoms with Crippen molar-refractivity contribution in [3.63, 3.8) is 0 Å². The molecule has 1 aromatic carbocycles. The molecule has 0 heterocycles. The monoisotopic (exact) mass is 256 g/mol. The molecule has 0 fully saturated rings. The maximum absolute atomic E-state index is 13.4. The summed E-state index contributed by atoms with van der Waals surface area (Å²) in [5.41, 5.74) is 5.73. The standard InChI is InChI=1S/C12H17FN2O3/c1-8(12(16)15-6-7-17-2)18-11-9(13)4-3-5-10(11)14/h3-5,8H,6-7,14H2,1-2H3,(H,15,16). The van der Waals surface area contributed by atoms with Crippen molar-refractivity contribution in [3.8, 4) is 5.75 Å². The van der Waals surface area contributed by atoms with Gasteiger partial charge in [0.15, 0.2) is 17.7 Å². The van der Waals surface area contributed by atoms with Gasteiger partial charge < -0.3 is 20.5 Å². The van der Waals surface area contributed by atoms with Gasteiger partial charge in [-0.3, -0.25) is 4.79 Å². The quantitative estimate of drug-likeness (QED) is 0.587. The van der Waals surface area contributed by atoms with E-state index < -0.39 is 11.9 Å². The van der Waals surface area contributed by atoms with Crippen LogP contribution in [0.1, 0.15) is 6.92 Å². The Bertz CT molecular complexity index is 392. The van der Waals surface area contributed by atoms with Crippen molar-refractivity contribution < 1.29 is 18.7 Å². The minimum absolute atomic E-state index is 0.105. The van der Waals surface area contributed by atoms with Gasteiger partial charge in [0.25, 0.3) is 5.91 Å². The number of ether oxygens (including phenoxy) is 2. The predicted octanol–water partition coefficient (Wildman–Crippen LogP) is 0.938. The SMILES string of the molecule is COCCNC(=O)C(C)Oc1c(N)cccc1F. The zero-order valence-corrected chi connectivity index (χ0v) is 10.4. The van der Waals surface area contributed by atoms with E-state index in [4.69, 9.17) is 15.2 Å². The van der Waals surface area contributed by atoms with Crippen LogP contribution in [0.2, 0.25) is 0 Å². The summed E-state index contributed by atoms with van der Waals surface area (Å²) < 4.78 is 23.4. The molecule has 5 nitrogen and oxygen atoms in total. The number of hydrogen-bond donors (Lipinski definition) is 2. The van der Waals surface area contributed by atoms with Crippen LogP contribution in [0.3, 0.4) is 0 Å². The summed E-state index contributed by atoms with van der Waals surface area (Å²) in [5.74, 6) is -1.05. The van der Waals surface area contributed by atoms with Gasteiger partial charge in [0, 0.05) is 13.7 Å². The van der Waals surface area contributed by atoms with E-state index in [0.717, 1.165) is 0 Å². The third-order valence-corrected chi connectivity index (χ3v) is 2.27. The van der Waals surface area contributed by atoms with Crippen molar-refractivity contribution in [2.24, 2.45) is 0 Å². The maximum atomic E-state index is 13.4. The van der Waals surface area contributed by atoms with Crippen molar-refractivity contribution in [2.75, 3.05) is 26.0 Å². The van der Waals surface area contributed by atoms with Gasteiger partial charge in [0.1, 0.15) is 0 Å². The number of carbonyl (C=O) groups is 1. The molecule has 0 bridgehead atoms. The molecule has 1 unspecified atom stereocenters. The zero-order valence-electron chi connectivity index (χ0n) is 10.4. The normalized spacial score (nSPS) is 11.9. The summed E-state index contributed by atoms with van der Waals surface area (Å²) in [6.45, 7) is 2.30. The fourth-order valence-corrected chi connectivity index (χ4v) is 1.30. The third-order valence-electron chi connectivity index (χ3n) is 2.27. The van der Waals surface area contributed by atoms with E-state index in [0.29, 0.717) is 13.2 Å². The van der Waals surface area contributed by atoms with E-state index in [1.807, 2.05) is 0 Å². The lowest BCUT2D eigenvalue weighted by atomic mass is 10.3. The molecular formula is C12H17FN2O3. The molecule has 1 atom stereocenters. The number of nitrogens with one attached hydrogen (secondary N) is 1. The molecule has 6 heteroatoms. The number of hydrogen-bond acceptors (Lipinski definition) is 4. The Kier molecular flexibility index (Phi) is 5.38. The minimum atomic E-state index is -0.832. The Labute approximate surface area is 105 Å². The van der Waals surface area contributed by atoms with Gasteiger partial charge in [-0.2, -0.15) is 0 Å². The molecule has 0 spiro atoms. The Morgan fingerprint density at radius 3 is 2.89 bits per heavy atom. The average molecular weight is 256 g/mol. The summed E-state index contributed by atoms with van der Waals surface area (Å²) in [7, 11) is 1.53. The number of amides is 1. The van der Waals surface area contributed by atoms with Crippen LogP contribution in [0.15, 0.2) is 18.2 Å². The first-order valence-electron chi connectivity index (χ1n) is 5.53. The lowest BCUT2D eigenvalue weighted by Gasteiger charge is -2.16. The van der Waals surface area contributed by atoms with Crippen LogP contribution >= 0.6 is 0 Å². The highest BCUT2D eigenvalue weighted by molar-refractivity contribution is 5.80. The summed E-state index contributed by atoms with van der Waals surface area (Å²) >= 11 is 0. The molecule has 3 N–H and O–H groups in total. The van der Waals surface area contributed by atoms with Gasteiger partial charge >= 0.3 is 0 Å². The first-order valence-corrected chi connectivity index (χ1v) is 5.53. The number of para-hydroxylation sites is 1. The number of nitrogen functional groups attached to an aromatic ring is 1. The highest BCUT2D eigenvalue weighted by atomic mass is 19.1. The van der Waals surface area contributed by atoms with Gasteiger partial charge in [-0.1, -0.05) is 6.07 Å². The highest BCUT2D eigenvalue weighted by Crippen LogP contribution is 2.25. The van der Waals surface area contributed by atoms with Gasteiger partial charge in [-0.25, -0.2) is 4.39 Å². The van der Waals surface area contributed by atoms with Gasteiger partial charge in [0.05, 0.1) is 12.3 Å². The van der Waals surface area contributed by atoms with Crippen molar-refractivity contribution in [3.05, 3.63) is 24.0 Å². The van der Waals surface area contributed by atoms with E-state index in [1.54, 1.807) is 0 Å². The molecule has 100 valence electrons. The summed E-state index contributed by atoms with van der Waals surface area (Å²) in [4.78, 5) is 11.6. The molecule has 1 aromatic rings. The molecule has 18 heavy (non-hydrogen) atoms. The molecule has 1 rings (SSSR count). The summed E-state index contributed by atoms with van der Waals surface area (Å²) in [6, 6.07) is 4.20. The largest absolute Gasteiger partial charge is 0.476 e. The first-order chi connectivity index (χ1) is 8.56. The lowest BCUT2D eigenvalue weighted by Crippen LogP contribution is -2.38. The van der Waals surface area contributed by atoms with Crippen LogP contribution < -0.4 is 15.8 Å². The highest BCUT2D eigenvalue weighted by Gasteiger charge is 2.17. The number of anilines is 1. The first kappa shape index (κ1) is 14.2. The predicted molar refractivity (Wildman–Crippen MR) is 65.8 cm³/mol. The van der Waals surface area contributed by atoms with Crippen LogP contribution in [0.5, 0.6) is 5.75 Å². The van der Waals surface area contributed by atoms with Crippen molar-refractivity contribution >= 4 is 11.6 Å². The number of nitrogens with two attached hydrogens (primary N) is 1. The molecule has 0 saturated carbocycles. The molecule has 0 aliphatic rings. The second-order valence-electron chi connectivity index (χ2n) is 3.70. The third kappa shape index (κ3) is 3.89. The van der Waals surface area contributed by atoms with E-state index in [1.165, 1.54) is 32.2 Å². The van der Waals surface area contributed by atoms with Crippen LogP contribution in [-0.4, -0.2) is 32.3 Å². The lowest BCUT2D eigenvalue weighted by molar-refractivity contribution is -0.127. The number of benzene rings is 1. The van der Waals surface area contributed by atoms with Gasteiger partial charge in [-0.05, 0) is 19.1 Å². The van der Waals surface area contributed by atoms with E-state index in [-0.39, 0.29) is 17.3 Å². The second-order valence-corrected chi connectivity index (χ2v) is 3.70. The molecule has 0 aliphatic carbocycles. The van der Waals surface area contributed by atoms with Gasteiger partial charge in [0.2, 0.25) is 0 Å². The Hall–Kier alpha value is -1.82. The molecule has 0 radical (unpaired) electrons. The maximum Gasteiger partial charge on any atom is 0.260 e. The Morgan fingerprint density at radius 2 is 2.28 bits per heavy atom. The van der Waals surface area contributed by atoms with E-state index >= 15 is 0 Å². The minimum Gasteiger partial charge on any atom is -0.476 e. The fraction of sp³-hybridized carbons (Fsp3) is 0.417. The molecular weight excluding hydrogens is 239 g/mol. The van der Waals surface area contributed by atoms with E-state index in [9.17, 15) is 9.18 Å². The number of halogens is 1. The summed E-state index contributed by atoms with van der Waals surface area (Å²) in [5, 5.41) is 2.59. The topological polar surface area (TPSA) is 73.6 Å². The van der Waals surface area contributed by atoms with Gasteiger partial charge in [-0.15, -0.1) is 0 Å². The Morgan fingerprint density at radius 1 is 1.56 bits per heavy atom. The molecule has 0 saturated heterocycles. The van der Waals surface area contributed by atoms with Crippen LogP contribution in [-0.2, 0) is 9.53 Å². The smallest absolute Gasteiger partial charge is 0.260 e. The Balaban J connectivity index is 2.58. The zero-order chi connectivity index (χ0) is 13.5. The van der Waals surface area contributed by atoms with Crippen molar-refractivity contribution in [1.29, 1.82) is 0 Å². The molecule has 0 aromatic heterocycles. The summed E-state index contributed by atoms with van der Waals surface area (Å²) in [6.07, 6.45) is -0.832. The van der Waals surface area contributed by atoms with Crippen molar-refractivity contribution in [2.45, 2.75) is 13.0 Å². The molecule has 0 aliphatic heterocycles. The van der Waals surface area contributed by atoms with Crippen molar-refractivity contribution in [1.82, 2.24) is 5.32 Å². The van der Waals surface area contributed by atoms with Crippen LogP contribution in [0.4, 0.5) is 10.1 Å². The number of carbonyl (C=O) groups excluding carboxylic acids is 1.